The number of hydrogen-bond donors (Lipinski definition) is 2. The number of amides is 1. The van der Waals surface area contributed by atoms with Crippen molar-refractivity contribution in [3.63, 3.8) is 0 Å². The minimum absolute atomic E-state index is 0. The molecule has 0 unspecified atom stereocenters. The Morgan fingerprint density at radius 3 is 2.67 bits per heavy atom. The molecular weight excluding hydrogens is 255 g/mol. The van der Waals surface area contributed by atoms with Gasteiger partial charge in [0.25, 0.3) is 0 Å². The largest absolute Gasteiger partial charge is 0.369 e. The molecule has 0 bridgehead atoms. The molecule has 100 valence electrons. The second-order valence-corrected chi connectivity index (χ2v) is 4.52. The van der Waals surface area contributed by atoms with E-state index in [1.54, 1.807) is 12.1 Å². The quantitative estimate of drug-likeness (QED) is 0.881. The van der Waals surface area contributed by atoms with Gasteiger partial charge >= 0.3 is 0 Å². The smallest absolute Gasteiger partial charge is 0.221 e. The van der Waals surface area contributed by atoms with E-state index in [2.05, 4.69) is 5.32 Å². The van der Waals surface area contributed by atoms with Gasteiger partial charge in [0.1, 0.15) is 5.82 Å². The zero-order valence-corrected chi connectivity index (χ0v) is 10.9. The Kier molecular flexibility index (Phi) is 5.56. The first-order valence-corrected chi connectivity index (χ1v) is 5.94. The summed E-state index contributed by atoms with van der Waals surface area (Å²) in [6.07, 6.45) is 2.06. The fraction of sp³-hybridized carbons (Fsp3) is 0.462. The van der Waals surface area contributed by atoms with Crippen molar-refractivity contribution in [2.75, 3.05) is 13.1 Å². The number of nitrogens with one attached hydrogen (secondary N) is 1. The summed E-state index contributed by atoms with van der Waals surface area (Å²) < 4.78 is 13.8. The minimum Gasteiger partial charge on any atom is -0.369 e. The molecule has 3 N–H and O–H groups in total. The first-order chi connectivity index (χ1) is 8.16. The van der Waals surface area contributed by atoms with E-state index in [1.165, 1.54) is 6.07 Å². The standard InChI is InChI=1S/C13H17FN2O.ClH/c14-12-2-1-9(8-13(15)17)7-11(12)10-3-5-16-6-4-10;/h1-2,7,10,16H,3-6,8H2,(H2,15,17);1H. The lowest BCUT2D eigenvalue weighted by Gasteiger charge is -2.23. The van der Waals surface area contributed by atoms with Gasteiger partial charge in [-0.1, -0.05) is 12.1 Å². The van der Waals surface area contributed by atoms with E-state index in [-0.39, 0.29) is 36.5 Å². The van der Waals surface area contributed by atoms with Gasteiger partial charge in [-0.25, -0.2) is 4.39 Å². The Morgan fingerprint density at radius 2 is 2.06 bits per heavy atom. The summed E-state index contributed by atoms with van der Waals surface area (Å²) in [5, 5.41) is 3.25. The molecule has 0 radical (unpaired) electrons. The lowest BCUT2D eigenvalue weighted by Crippen LogP contribution is -2.27. The maximum absolute atomic E-state index is 13.8. The van der Waals surface area contributed by atoms with Crippen LogP contribution in [0.15, 0.2) is 18.2 Å². The van der Waals surface area contributed by atoms with Gasteiger partial charge in [0.15, 0.2) is 0 Å². The van der Waals surface area contributed by atoms with Crippen molar-refractivity contribution in [2.45, 2.75) is 25.2 Å². The summed E-state index contributed by atoms with van der Waals surface area (Å²) in [6, 6.07) is 4.86. The van der Waals surface area contributed by atoms with Gasteiger partial charge in [0.2, 0.25) is 5.91 Å². The summed E-state index contributed by atoms with van der Waals surface area (Å²) in [5.41, 5.74) is 6.67. The lowest BCUT2D eigenvalue weighted by molar-refractivity contribution is -0.117. The third-order valence-electron chi connectivity index (χ3n) is 3.22. The van der Waals surface area contributed by atoms with Crippen LogP contribution >= 0.6 is 12.4 Å². The Labute approximate surface area is 112 Å². The molecule has 0 aromatic heterocycles. The highest BCUT2D eigenvalue weighted by molar-refractivity contribution is 5.85. The van der Waals surface area contributed by atoms with Crippen molar-refractivity contribution < 1.29 is 9.18 Å². The van der Waals surface area contributed by atoms with Crippen LogP contribution in [0.1, 0.15) is 29.9 Å². The molecule has 1 aromatic carbocycles. The average molecular weight is 273 g/mol. The van der Waals surface area contributed by atoms with Gasteiger partial charge in [0, 0.05) is 0 Å². The molecule has 18 heavy (non-hydrogen) atoms. The molecule has 3 nitrogen and oxygen atoms in total. The number of nitrogens with two attached hydrogens (primary N) is 1. The van der Waals surface area contributed by atoms with Crippen LogP contribution in [-0.2, 0) is 11.2 Å². The number of piperidine rings is 1. The molecule has 1 aromatic rings. The van der Waals surface area contributed by atoms with Gasteiger partial charge in [-0.3, -0.25) is 4.79 Å². The maximum Gasteiger partial charge on any atom is 0.221 e. The van der Waals surface area contributed by atoms with Gasteiger partial charge < -0.3 is 11.1 Å². The first-order valence-electron chi connectivity index (χ1n) is 5.94. The predicted molar refractivity (Wildman–Crippen MR) is 71.4 cm³/mol. The molecule has 0 spiro atoms. The number of hydrogen-bond acceptors (Lipinski definition) is 2. The third kappa shape index (κ3) is 3.68. The van der Waals surface area contributed by atoms with Gasteiger partial charge in [0.05, 0.1) is 6.42 Å². The van der Waals surface area contributed by atoms with E-state index in [0.717, 1.165) is 37.1 Å². The number of carbonyl (C=O) groups excluding carboxylic acids is 1. The van der Waals surface area contributed by atoms with E-state index in [9.17, 15) is 9.18 Å². The Hall–Kier alpha value is -1.13. The third-order valence-corrected chi connectivity index (χ3v) is 3.22. The molecule has 2 rings (SSSR count). The molecule has 0 atom stereocenters. The highest BCUT2D eigenvalue weighted by Gasteiger charge is 2.19. The lowest BCUT2D eigenvalue weighted by atomic mass is 9.88. The second-order valence-electron chi connectivity index (χ2n) is 4.52. The van der Waals surface area contributed by atoms with Crippen LogP contribution in [0, 0.1) is 5.82 Å². The van der Waals surface area contributed by atoms with Crippen LogP contribution in [-0.4, -0.2) is 19.0 Å². The summed E-state index contributed by atoms with van der Waals surface area (Å²) in [4.78, 5) is 10.9. The fourth-order valence-corrected chi connectivity index (χ4v) is 2.35. The van der Waals surface area contributed by atoms with Crippen molar-refractivity contribution in [1.29, 1.82) is 0 Å². The molecule has 0 aliphatic carbocycles. The molecule has 5 heteroatoms. The van der Waals surface area contributed by atoms with Crippen LogP contribution < -0.4 is 11.1 Å². The van der Waals surface area contributed by atoms with E-state index >= 15 is 0 Å². The molecule has 1 fully saturated rings. The normalized spacial score (nSPS) is 16.1. The number of carbonyl (C=O) groups is 1. The second kappa shape index (κ2) is 6.71. The van der Waals surface area contributed by atoms with Crippen LogP contribution in [0.5, 0.6) is 0 Å². The zero-order chi connectivity index (χ0) is 12.3. The number of rotatable bonds is 3. The summed E-state index contributed by atoms with van der Waals surface area (Å²) in [5.74, 6) is -0.304. The first kappa shape index (κ1) is 14.9. The van der Waals surface area contributed by atoms with Crippen LogP contribution in [0.3, 0.4) is 0 Å². The predicted octanol–water partition coefficient (Wildman–Crippen LogP) is 1.74. The highest BCUT2D eigenvalue weighted by atomic mass is 35.5. The van der Waals surface area contributed by atoms with Gasteiger partial charge in [-0.15, -0.1) is 12.4 Å². The molecular formula is C13H18ClFN2O. The summed E-state index contributed by atoms with van der Waals surface area (Å²) >= 11 is 0. The zero-order valence-electron chi connectivity index (χ0n) is 10.1. The van der Waals surface area contributed by atoms with E-state index < -0.39 is 0 Å². The monoisotopic (exact) mass is 272 g/mol. The SMILES string of the molecule is Cl.NC(=O)Cc1ccc(F)c(C2CCNCC2)c1. The van der Waals surface area contributed by atoms with Crippen LogP contribution in [0.4, 0.5) is 4.39 Å². The van der Waals surface area contributed by atoms with Crippen molar-refractivity contribution >= 4 is 18.3 Å². The summed E-state index contributed by atoms with van der Waals surface area (Å²) in [7, 11) is 0. The molecule has 1 saturated heterocycles. The fourth-order valence-electron chi connectivity index (χ4n) is 2.35. The van der Waals surface area contributed by atoms with Gasteiger partial charge in [-0.05, 0) is 49.0 Å². The van der Waals surface area contributed by atoms with E-state index in [4.69, 9.17) is 5.73 Å². The van der Waals surface area contributed by atoms with Crippen LogP contribution in [0.2, 0.25) is 0 Å². The highest BCUT2D eigenvalue weighted by Crippen LogP contribution is 2.28. The van der Waals surface area contributed by atoms with Crippen molar-refractivity contribution in [3.05, 3.63) is 35.1 Å². The number of primary amides is 1. The maximum atomic E-state index is 13.8. The molecule has 0 saturated carbocycles. The topological polar surface area (TPSA) is 55.1 Å². The molecule has 1 aliphatic rings. The number of halogens is 2. The van der Waals surface area contributed by atoms with E-state index in [0.29, 0.717) is 0 Å². The van der Waals surface area contributed by atoms with Crippen molar-refractivity contribution in [1.82, 2.24) is 5.32 Å². The molecule has 1 heterocycles. The van der Waals surface area contributed by atoms with Gasteiger partial charge in [-0.2, -0.15) is 0 Å². The number of benzene rings is 1. The summed E-state index contributed by atoms with van der Waals surface area (Å²) in [6.45, 7) is 1.84. The van der Waals surface area contributed by atoms with Crippen molar-refractivity contribution in [3.8, 4) is 0 Å². The average Bonchev–Trinajstić information content (AvgIpc) is 2.32. The Balaban J connectivity index is 0.00000162. The molecule has 1 amide bonds. The van der Waals surface area contributed by atoms with E-state index in [1.807, 2.05) is 0 Å². The minimum atomic E-state index is -0.382. The van der Waals surface area contributed by atoms with Crippen molar-refractivity contribution in [2.24, 2.45) is 5.73 Å². The Bertz CT molecular complexity index is 419. The Morgan fingerprint density at radius 1 is 1.39 bits per heavy atom. The molecule has 1 aliphatic heterocycles. The van der Waals surface area contributed by atoms with Crippen LogP contribution in [0.25, 0.3) is 0 Å².